The van der Waals surface area contributed by atoms with E-state index >= 15 is 0 Å². The van der Waals surface area contributed by atoms with Crippen LogP contribution >= 0.6 is 23.2 Å². The predicted octanol–water partition coefficient (Wildman–Crippen LogP) is 2.39. The second-order valence-corrected chi connectivity index (χ2v) is 3.03. The Kier molecular flexibility index (Phi) is 3.39. The topological polar surface area (TPSA) is 42.9 Å². The molecule has 1 rings (SSSR count). The summed E-state index contributed by atoms with van der Waals surface area (Å²) in [5.41, 5.74) is 0.459. The second kappa shape index (κ2) is 4.35. The van der Waals surface area contributed by atoms with E-state index < -0.39 is 0 Å². The molecule has 0 aromatic carbocycles. The molecule has 0 unspecified atom stereocenters. The Morgan fingerprint density at radius 3 is 2.38 bits per heavy atom. The van der Waals surface area contributed by atoms with Gasteiger partial charge in [0.25, 0.3) is 0 Å². The third kappa shape index (κ3) is 2.79. The third-order valence-corrected chi connectivity index (χ3v) is 1.87. The predicted molar refractivity (Wildman–Crippen MR) is 51.8 cm³/mol. The van der Waals surface area contributed by atoms with E-state index in [1.807, 2.05) is 0 Å². The molecule has 0 saturated heterocycles. The molecule has 0 saturated carbocycles. The van der Waals surface area contributed by atoms with Crippen molar-refractivity contribution >= 4 is 35.1 Å². The molecule has 1 aromatic rings. The molecular formula is C8H6Cl2N2O. The summed E-state index contributed by atoms with van der Waals surface area (Å²) >= 11 is 11.4. The van der Waals surface area contributed by atoms with Gasteiger partial charge >= 0.3 is 0 Å². The lowest BCUT2D eigenvalue weighted by atomic mass is 10.3. The van der Waals surface area contributed by atoms with E-state index in [1.54, 1.807) is 0 Å². The van der Waals surface area contributed by atoms with Crippen LogP contribution in [0.4, 0.5) is 0 Å². The second-order valence-electron chi connectivity index (χ2n) is 2.31. The van der Waals surface area contributed by atoms with Crippen LogP contribution in [0.2, 0.25) is 10.3 Å². The number of halogens is 2. The van der Waals surface area contributed by atoms with Gasteiger partial charge in [0.15, 0.2) is 5.78 Å². The van der Waals surface area contributed by atoms with Crippen LogP contribution in [0.3, 0.4) is 0 Å². The summed E-state index contributed by atoms with van der Waals surface area (Å²) < 4.78 is 0. The summed E-state index contributed by atoms with van der Waals surface area (Å²) in [6.45, 7) is 1.43. The smallest absolute Gasteiger partial charge is 0.152 e. The minimum Gasteiger partial charge on any atom is -0.295 e. The molecule has 3 nitrogen and oxygen atoms in total. The molecule has 0 N–H and O–H groups in total. The zero-order chi connectivity index (χ0) is 9.84. The van der Waals surface area contributed by atoms with Crippen molar-refractivity contribution in [3.05, 3.63) is 28.3 Å². The number of carbonyl (C=O) groups is 1. The average molecular weight is 217 g/mol. The Hall–Kier alpha value is -0.930. The molecule has 1 aromatic heterocycles. The van der Waals surface area contributed by atoms with E-state index in [2.05, 4.69) is 9.97 Å². The lowest BCUT2D eigenvalue weighted by molar-refractivity contribution is -0.112. The molecule has 0 fully saturated rings. The Bertz CT molecular complexity index is 343. The number of allylic oxidation sites excluding steroid dienone is 1. The highest BCUT2D eigenvalue weighted by molar-refractivity contribution is 6.35. The highest BCUT2D eigenvalue weighted by Gasteiger charge is 2.03. The summed E-state index contributed by atoms with van der Waals surface area (Å²) in [7, 11) is 0. The van der Waals surface area contributed by atoms with Crippen molar-refractivity contribution in [2.75, 3.05) is 0 Å². The van der Waals surface area contributed by atoms with Gasteiger partial charge in [0.2, 0.25) is 0 Å². The maximum absolute atomic E-state index is 10.6. The molecule has 0 amide bonds. The van der Waals surface area contributed by atoms with Gasteiger partial charge in [-0.05, 0) is 19.1 Å². The first-order valence-corrected chi connectivity index (χ1v) is 4.21. The largest absolute Gasteiger partial charge is 0.295 e. The Morgan fingerprint density at radius 1 is 1.38 bits per heavy atom. The molecular weight excluding hydrogens is 211 g/mol. The first-order valence-electron chi connectivity index (χ1n) is 3.46. The van der Waals surface area contributed by atoms with Crippen LogP contribution in [0, 0.1) is 0 Å². The van der Waals surface area contributed by atoms with Crippen LogP contribution in [0.1, 0.15) is 12.5 Å². The standard InChI is InChI=1S/C8H6Cl2N2O/c1-5(13)2-3-6-7(9)11-4-12-8(6)10/h2-4H,1H3/b3-2+. The van der Waals surface area contributed by atoms with Crippen LogP contribution in [0.15, 0.2) is 12.4 Å². The molecule has 0 bridgehead atoms. The molecule has 0 aliphatic heterocycles. The van der Waals surface area contributed by atoms with Crippen molar-refractivity contribution in [2.24, 2.45) is 0 Å². The van der Waals surface area contributed by atoms with Crippen LogP contribution in [0.25, 0.3) is 6.08 Å². The summed E-state index contributed by atoms with van der Waals surface area (Å²) in [5.74, 6) is -0.0870. The zero-order valence-corrected chi connectivity index (χ0v) is 8.30. The van der Waals surface area contributed by atoms with Crippen LogP contribution in [0.5, 0.6) is 0 Å². The summed E-state index contributed by atoms with van der Waals surface area (Å²) in [6, 6.07) is 0. The third-order valence-electron chi connectivity index (χ3n) is 1.27. The fraction of sp³-hybridized carbons (Fsp3) is 0.125. The first kappa shape index (κ1) is 10.2. The number of rotatable bonds is 2. The fourth-order valence-electron chi connectivity index (χ4n) is 0.693. The molecule has 0 aliphatic rings. The summed E-state index contributed by atoms with van der Waals surface area (Å²) in [4.78, 5) is 18.1. The fourth-order valence-corrected chi connectivity index (χ4v) is 1.13. The van der Waals surface area contributed by atoms with Crippen molar-refractivity contribution < 1.29 is 4.79 Å². The molecule has 0 spiro atoms. The number of carbonyl (C=O) groups excluding carboxylic acids is 1. The van der Waals surface area contributed by atoms with E-state index in [0.29, 0.717) is 5.56 Å². The van der Waals surface area contributed by atoms with Crippen molar-refractivity contribution in [2.45, 2.75) is 6.92 Å². The summed E-state index contributed by atoms with van der Waals surface area (Å²) in [6.07, 6.45) is 4.11. The lowest BCUT2D eigenvalue weighted by Crippen LogP contribution is -1.87. The molecule has 1 heterocycles. The van der Waals surface area contributed by atoms with Crippen LogP contribution in [-0.2, 0) is 4.79 Å². The van der Waals surface area contributed by atoms with E-state index in [4.69, 9.17) is 23.2 Å². The molecule has 0 aliphatic carbocycles. The van der Waals surface area contributed by atoms with Crippen molar-refractivity contribution in [3.63, 3.8) is 0 Å². The number of hydrogen-bond acceptors (Lipinski definition) is 3. The van der Waals surface area contributed by atoms with Gasteiger partial charge in [-0.15, -0.1) is 0 Å². The van der Waals surface area contributed by atoms with Gasteiger partial charge < -0.3 is 0 Å². The van der Waals surface area contributed by atoms with Gasteiger partial charge in [-0.1, -0.05) is 23.2 Å². The minimum atomic E-state index is -0.0870. The normalized spacial score (nSPS) is 10.7. The first-order chi connectivity index (χ1) is 6.11. The van der Waals surface area contributed by atoms with Gasteiger partial charge in [-0.2, -0.15) is 0 Å². The number of ketones is 1. The Balaban J connectivity index is 3.06. The lowest BCUT2D eigenvalue weighted by Gasteiger charge is -1.97. The minimum absolute atomic E-state index is 0.0870. The number of nitrogens with zero attached hydrogens (tertiary/aromatic N) is 2. The number of hydrogen-bond donors (Lipinski definition) is 0. The van der Waals surface area contributed by atoms with Gasteiger partial charge in [0.05, 0.1) is 0 Å². The monoisotopic (exact) mass is 216 g/mol. The van der Waals surface area contributed by atoms with Crippen LogP contribution in [-0.4, -0.2) is 15.8 Å². The van der Waals surface area contributed by atoms with Crippen molar-refractivity contribution in [1.82, 2.24) is 9.97 Å². The van der Waals surface area contributed by atoms with E-state index in [-0.39, 0.29) is 16.1 Å². The highest BCUT2D eigenvalue weighted by Crippen LogP contribution is 2.20. The molecule has 0 atom stereocenters. The van der Waals surface area contributed by atoms with E-state index in [9.17, 15) is 4.79 Å². The maximum atomic E-state index is 10.6. The van der Waals surface area contributed by atoms with Crippen LogP contribution < -0.4 is 0 Å². The van der Waals surface area contributed by atoms with Crippen molar-refractivity contribution in [1.29, 1.82) is 0 Å². The maximum Gasteiger partial charge on any atom is 0.152 e. The summed E-state index contributed by atoms with van der Waals surface area (Å²) in [5, 5.41) is 0.468. The zero-order valence-electron chi connectivity index (χ0n) is 6.79. The average Bonchev–Trinajstić information content (AvgIpc) is 2.03. The van der Waals surface area contributed by atoms with Gasteiger partial charge in [0.1, 0.15) is 16.6 Å². The highest BCUT2D eigenvalue weighted by atomic mass is 35.5. The quantitative estimate of drug-likeness (QED) is 0.564. The van der Waals surface area contributed by atoms with Crippen molar-refractivity contribution in [3.8, 4) is 0 Å². The molecule has 13 heavy (non-hydrogen) atoms. The molecule has 5 heteroatoms. The molecule has 68 valence electrons. The van der Waals surface area contributed by atoms with Gasteiger partial charge in [-0.25, -0.2) is 9.97 Å². The van der Waals surface area contributed by atoms with E-state index in [1.165, 1.54) is 25.4 Å². The Morgan fingerprint density at radius 2 is 1.92 bits per heavy atom. The SMILES string of the molecule is CC(=O)/C=C/c1c(Cl)ncnc1Cl. The Labute approximate surface area is 85.4 Å². The van der Waals surface area contributed by atoms with Gasteiger partial charge in [0, 0.05) is 5.56 Å². The number of aromatic nitrogens is 2. The van der Waals surface area contributed by atoms with E-state index in [0.717, 1.165) is 0 Å². The molecule has 0 radical (unpaired) electrons. The van der Waals surface area contributed by atoms with Gasteiger partial charge in [-0.3, -0.25) is 4.79 Å².